The molecule has 0 radical (unpaired) electrons. The van der Waals surface area contributed by atoms with Gasteiger partial charge in [0.05, 0.1) is 0 Å². The molecule has 0 aliphatic heterocycles. The number of hydrogen-bond donors (Lipinski definition) is 1. The summed E-state index contributed by atoms with van der Waals surface area (Å²) in [7, 11) is 0. The molecular weight excluding hydrogens is 194 g/mol. The van der Waals surface area contributed by atoms with Gasteiger partial charge < -0.3 is 5.32 Å². The molecule has 1 atom stereocenters. The molecule has 1 aromatic carbocycles. The van der Waals surface area contributed by atoms with E-state index in [0.29, 0.717) is 6.04 Å². The van der Waals surface area contributed by atoms with Crippen molar-refractivity contribution < 1.29 is 0 Å². The maximum Gasteiger partial charge on any atom is 0.0320 e. The van der Waals surface area contributed by atoms with Gasteiger partial charge in [0.2, 0.25) is 0 Å². The van der Waals surface area contributed by atoms with E-state index >= 15 is 0 Å². The summed E-state index contributed by atoms with van der Waals surface area (Å²) >= 11 is 0. The first kappa shape index (κ1) is 11.7. The smallest absolute Gasteiger partial charge is 0.0320 e. The van der Waals surface area contributed by atoms with Crippen LogP contribution in [-0.2, 0) is 0 Å². The number of rotatable bonds is 6. The van der Waals surface area contributed by atoms with Crippen LogP contribution >= 0.6 is 0 Å². The monoisotopic (exact) mass is 217 g/mol. The molecule has 1 heteroatoms. The van der Waals surface area contributed by atoms with Crippen LogP contribution in [0.1, 0.15) is 50.6 Å². The van der Waals surface area contributed by atoms with E-state index in [0.717, 1.165) is 12.5 Å². The van der Waals surface area contributed by atoms with E-state index in [2.05, 4.69) is 42.6 Å². The second kappa shape index (κ2) is 6.05. The summed E-state index contributed by atoms with van der Waals surface area (Å²) in [4.78, 5) is 0. The second-order valence-electron chi connectivity index (χ2n) is 4.90. The molecule has 1 aromatic rings. The molecule has 1 N–H and O–H groups in total. The van der Waals surface area contributed by atoms with E-state index in [1.54, 1.807) is 0 Å². The lowest BCUT2D eigenvalue weighted by molar-refractivity contribution is 0.276. The van der Waals surface area contributed by atoms with E-state index in [1.807, 2.05) is 0 Å². The van der Waals surface area contributed by atoms with Crippen LogP contribution < -0.4 is 5.32 Å². The zero-order valence-electron chi connectivity index (χ0n) is 10.3. The number of benzene rings is 1. The lowest BCUT2D eigenvalue weighted by Crippen LogP contribution is -2.22. The maximum atomic E-state index is 3.60. The first-order chi connectivity index (χ1) is 7.90. The van der Waals surface area contributed by atoms with Crippen molar-refractivity contribution >= 4 is 0 Å². The predicted molar refractivity (Wildman–Crippen MR) is 69.4 cm³/mol. The Kier molecular flexibility index (Phi) is 4.41. The van der Waals surface area contributed by atoms with Gasteiger partial charge in [-0.15, -0.1) is 0 Å². The van der Waals surface area contributed by atoms with Crippen molar-refractivity contribution in [3.63, 3.8) is 0 Å². The van der Waals surface area contributed by atoms with Gasteiger partial charge in [-0.2, -0.15) is 0 Å². The van der Waals surface area contributed by atoms with Crippen LogP contribution in [0.4, 0.5) is 0 Å². The Hall–Kier alpha value is -0.820. The molecule has 0 heterocycles. The Morgan fingerprint density at radius 3 is 2.56 bits per heavy atom. The highest BCUT2D eigenvalue weighted by Gasteiger charge is 2.19. The minimum Gasteiger partial charge on any atom is -0.310 e. The highest BCUT2D eigenvalue weighted by atomic mass is 14.9. The molecule has 88 valence electrons. The Bertz CT molecular complexity index is 290. The van der Waals surface area contributed by atoms with Gasteiger partial charge in [0.15, 0.2) is 0 Å². The van der Waals surface area contributed by atoms with Gasteiger partial charge >= 0.3 is 0 Å². The van der Waals surface area contributed by atoms with Crippen molar-refractivity contribution in [3.05, 3.63) is 35.9 Å². The van der Waals surface area contributed by atoms with Crippen LogP contribution in [0, 0.1) is 5.92 Å². The van der Waals surface area contributed by atoms with Crippen LogP contribution in [-0.4, -0.2) is 6.54 Å². The summed E-state index contributed by atoms with van der Waals surface area (Å²) in [5, 5.41) is 3.60. The number of nitrogens with one attached hydrogen (secondary N) is 1. The topological polar surface area (TPSA) is 12.0 Å². The average molecular weight is 217 g/mol. The summed E-state index contributed by atoms with van der Waals surface area (Å²) in [6, 6.07) is 11.4. The Morgan fingerprint density at radius 1 is 1.25 bits per heavy atom. The highest BCUT2D eigenvalue weighted by molar-refractivity contribution is 5.18. The molecule has 1 aliphatic rings. The van der Waals surface area contributed by atoms with E-state index < -0.39 is 0 Å². The molecule has 0 spiro atoms. The predicted octanol–water partition coefficient (Wildman–Crippen LogP) is 3.92. The standard InChI is InChI=1S/C15H23N/c1-2-16-15(12-11-13-7-6-8-13)14-9-4-3-5-10-14/h3-5,9-10,13,15-16H,2,6-8,11-12H2,1H3. The quantitative estimate of drug-likeness (QED) is 0.761. The van der Waals surface area contributed by atoms with E-state index in [4.69, 9.17) is 0 Å². The lowest BCUT2D eigenvalue weighted by atomic mass is 9.81. The molecule has 1 fully saturated rings. The second-order valence-corrected chi connectivity index (χ2v) is 4.90. The summed E-state index contributed by atoms with van der Waals surface area (Å²) in [6.07, 6.45) is 7.08. The normalized spacial score (nSPS) is 18.1. The van der Waals surface area contributed by atoms with Crippen LogP contribution in [0.5, 0.6) is 0 Å². The zero-order valence-corrected chi connectivity index (χ0v) is 10.3. The van der Waals surface area contributed by atoms with Crippen LogP contribution in [0.3, 0.4) is 0 Å². The SMILES string of the molecule is CCNC(CCC1CCC1)c1ccccc1. The first-order valence-electron chi connectivity index (χ1n) is 6.68. The molecule has 0 bridgehead atoms. The van der Waals surface area contributed by atoms with Crippen LogP contribution in [0.2, 0.25) is 0 Å². The van der Waals surface area contributed by atoms with E-state index in [9.17, 15) is 0 Å². The number of hydrogen-bond acceptors (Lipinski definition) is 1. The van der Waals surface area contributed by atoms with Crippen molar-refractivity contribution in [3.8, 4) is 0 Å². The molecule has 16 heavy (non-hydrogen) atoms. The average Bonchev–Trinajstić information content (AvgIpc) is 2.27. The Balaban J connectivity index is 1.88. The van der Waals surface area contributed by atoms with Crippen molar-refractivity contribution in [2.75, 3.05) is 6.54 Å². The van der Waals surface area contributed by atoms with E-state index in [-0.39, 0.29) is 0 Å². The van der Waals surface area contributed by atoms with Crippen molar-refractivity contribution in [2.45, 2.75) is 45.1 Å². The Labute approximate surface area is 99.3 Å². The first-order valence-corrected chi connectivity index (χ1v) is 6.68. The lowest BCUT2D eigenvalue weighted by Gasteiger charge is -2.27. The van der Waals surface area contributed by atoms with Crippen LogP contribution in [0.25, 0.3) is 0 Å². The zero-order chi connectivity index (χ0) is 11.2. The van der Waals surface area contributed by atoms with Gasteiger partial charge in [0.25, 0.3) is 0 Å². The molecule has 0 aromatic heterocycles. The molecule has 2 rings (SSSR count). The Morgan fingerprint density at radius 2 is 2.00 bits per heavy atom. The third kappa shape index (κ3) is 3.08. The highest BCUT2D eigenvalue weighted by Crippen LogP contribution is 2.33. The van der Waals surface area contributed by atoms with Gasteiger partial charge in [-0.1, -0.05) is 56.5 Å². The van der Waals surface area contributed by atoms with Gasteiger partial charge in [-0.3, -0.25) is 0 Å². The molecule has 1 saturated carbocycles. The third-order valence-corrected chi connectivity index (χ3v) is 3.74. The minimum absolute atomic E-state index is 0.562. The molecule has 1 unspecified atom stereocenters. The summed E-state index contributed by atoms with van der Waals surface area (Å²) < 4.78 is 0. The fourth-order valence-corrected chi connectivity index (χ4v) is 2.50. The van der Waals surface area contributed by atoms with Gasteiger partial charge in [-0.25, -0.2) is 0 Å². The largest absolute Gasteiger partial charge is 0.310 e. The van der Waals surface area contributed by atoms with Crippen molar-refractivity contribution in [1.29, 1.82) is 0 Å². The summed E-state index contributed by atoms with van der Waals surface area (Å²) in [5.41, 5.74) is 1.45. The van der Waals surface area contributed by atoms with Gasteiger partial charge in [-0.05, 0) is 30.9 Å². The molecule has 1 aliphatic carbocycles. The minimum atomic E-state index is 0.562. The maximum absolute atomic E-state index is 3.60. The molecule has 0 amide bonds. The molecule has 1 nitrogen and oxygen atoms in total. The summed E-state index contributed by atoms with van der Waals surface area (Å²) in [6.45, 7) is 3.25. The van der Waals surface area contributed by atoms with E-state index in [1.165, 1.54) is 37.7 Å². The van der Waals surface area contributed by atoms with Gasteiger partial charge in [0.1, 0.15) is 0 Å². The fourth-order valence-electron chi connectivity index (χ4n) is 2.50. The molecule has 0 saturated heterocycles. The fraction of sp³-hybridized carbons (Fsp3) is 0.600. The van der Waals surface area contributed by atoms with Crippen molar-refractivity contribution in [2.24, 2.45) is 5.92 Å². The van der Waals surface area contributed by atoms with Crippen LogP contribution in [0.15, 0.2) is 30.3 Å². The molecular formula is C15H23N. The van der Waals surface area contributed by atoms with Gasteiger partial charge in [0, 0.05) is 6.04 Å². The van der Waals surface area contributed by atoms with Crippen molar-refractivity contribution in [1.82, 2.24) is 5.32 Å². The third-order valence-electron chi connectivity index (χ3n) is 3.74. The summed E-state index contributed by atoms with van der Waals surface area (Å²) in [5.74, 6) is 1.02.